The van der Waals surface area contributed by atoms with Crippen LogP contribution in [0.1, 0.15) is 16.1 Å². The van der Waals surface area contributed by atoms with Crippen LogP contribution in [0.15, 0.2) is 23.2 Å². The molecule has 0 atom stereocenters. The molecular weight excluding hydrogens is 291 g/mol. The van der Waals surface area contributed by atoms with Crippen LogP contribution >= 0.6 is 11.8 Å². The van der Waals surface area contributed by atoms with Gasteiger partial charge in [0.05, 0.1) is 11.1 Å². The maximum absolute atomic E-state index is 12.7. The number of rotatable bonds is 1. The summed E-state index contributed by atoms with van der Waals surface area (Å²) in [6.07, 6.45) is -2.26. The van der Waals surface area contributed by atoms with Crippen molar-refractivity contribution in [2.24, 2.45) is 4.99 Å². The monoisotopic (exact) mass is 301 g/mol. The van der Waals surface area contributed by atoms with Crippen molar-refractivity contribution in [3.8, 4) is 0 Å². The van der Waals surface area contributed by atoms with E-state index in [1.165, 1.54) is 22.5 Å². The van der Waals surface area contributed by atoms with E-state index < -0.39 is 11.7 Å². The third-order valence-electron chi connectivity index (χ3n) is 2.70. The van der Waals surface area contributed by atoms with Gasteiger partial charge in [-0.15, -0.1) is 0 Å². The fourth-order valence-corrected chi connectivity index (χ4v) is 2.32. The quantitative estimate of drug-likeness (QED) is 0.462. The molecule has 0 aliphatic rings. The highest BCUT2D eigenvalue weighted by Crippen LogP contribution is 2.32. The van der Waals surface area contributed by atoms with Crippen molar-refractivity contribution in [3.05, 3.63) is 29.5 Å². The fraction of sp³-hybridized carbons (Fsp3) is 0.250. The van der Waals surface area contributed by atoms with Gasteiger partial charge in [-0.25, -0.2) is 4.68 Å². The van der Waals surface area contributed by atoms with Gasteiger partial charge in [0.2, 0.25) is 0 Å². The molecule has 1 aromatic heterocycles. The number of carbonyl (C=O) groups is 1. The van der Waals surface area contributed by atoms with Gasteiger partial charge in [0.1, 0.15) is 5.69 Å². The zero-order chi connectivity index (χ0) is 14.9. The molecule has 0 aliphatic carbocycles. The number of aliphatic imine (C=N–C) groups is 1. The number of hydrogen-bond donors (Lipinski definition) is 0. The third kappa shape index (κ3) is 2.43. The summed E-state index contributed by atoms with van der Waals surface area (Å²) in [7, 11) is 1.55. The number of carbonyl (C=O) groups excluding carboxylic acids is 1. The molecule has 0 unspecified atom stereocenters. The van der Waals surface area contributed by atoms with Crippen molar-refractivity contribution in [2.45, 2.75) is 6.18 Å². The Hall–Kier alpha value is -1.83. The molecule has 8 heteroatoms. The Morgan fingerprint density at radius 2 is 2.15 bits per heavy atom. The van der Waals surface area contributed by atoms with E-state index in [0.29, 0.717) is 17.0 Å². The Morgan fingerprint density at radius 1 is 1.45 bits per heavy atom. The standard InChI is InChI=1S/C12H10F3N3OS/c1-16-11(20-2)18-10-4-3-7(12(13,14)15)5-8(10)9(6-19)17-18/h3-6H,1-2H3. The zero-order valence-electron chi connectivity index (χ0n) is 10.6. The largest absolute Gasteiger partial charge is 0.416 e. The molecule has 1 aromatic carbocycles. The Bertz CT molecular complexity index is 691. The maximum atomic E-state index is 12.7. The zero-order valence-corrected chi connectivity index (χ0v) is 11.4. The SMILES string of the molecule is CN=C(SC)n1nc(C=O)c2cc(C(F)(F)F)ccc21. The first-order chi connectivity index (χ1) is 9.42. The molecule has 2 rings (SSSR count). The Morgan fingerprint density at radius 3 is 2.65 bits per heavy atom. The first kappa shape index (κ1) is 14.6. The van der Waals surface area contributed by atoms with Gasteiger partial charge in [0.15, 0.2) is 11.5 Å². The third-order valence-corrected chi connectivity index (χ3v) is 3.42. The normalized spacial score (nSPS) is 12.9. The number of nitrogens with zero attached hydrogens (tertiary/aromatic N) is 3. The lowest BCUT2D eigenvalue weighted by molar-refractivity contribution is -0.137. The molecule has 0 saturated carbocycles. The van der Waals surface area contributed by atoms with Crippen LogP contribution < -0.4 is 0 Å². The van der Waals surface area contributed by atoms with E-state index in [9.17, 15) is 18.0 Å². The molecule has 0 radical (unpaired) electrons. The summed E-state index contributed by atoms with van der Waals surface area (Å²) >= 11 is 1.28. The lowest BCUT2D eigenvalue weighted by Crippen LogP contribution is -2.09. The minimum Gasteiger partial charge on any atom is -0.296 e. The molecule has 0 spiro atoms. The van der Waals surface area contributed by atoms with Gasteiger partial charge in [-0.1, -0.05) is 11.8 Å². The minimum atomic E-state index is -4.46. The molecule has 2 aromatic rings. The van der Waals surface area contributed by atoms with Crippen LogP contribution in [-0.2, 0) is 6.18 Å². The van der Waals surface area contributed by atoms with Crippen molar-refractivity contribution < 1.29 is 18.0 Å². The van der Waals surface area contributed by atoms with Gasteiger partial charge in [-0.3, -0.25) is 9.79 Å². The predicted molar refractivity (Wildman–Crippen MR) is 72.4 cm³/mol. The van der Waals surface area contributed by atoms with Crippen LogP contribution in [0.5, 0.6) is 0 Å². The molecule has 0 N–H and O–H groups in total. The number of alkyl halides is 3. The average Bonchev–Trinajstić information content (AvgIpc) is 2.77. The highest BCUT2D eigenvalue weighted by Gasteiger charge is 2.31. The lowest BCUT2D eigenvalue weighted by atomic mass is 10.1. The van der Waals surface area contributed by atoms with Crippen molar-refractivity contribution in [1.82, 2.24) is 9.78 Å². The summed E-state index contributed by atoms with van der Waals surface area (Å²) in [6, 6.07) is 3.18. The lowest BCUT2D eigenvalue weighted by Gasteiger charge is -2.07. The van der Waals surface area contributed by atoms with E-state index in [4.69, 9.17) is 0 Å². The van der Waals surface area contributed by atoms with Crippen LogP contribution in [0.4, 0.5) is 13.2 Å². The molecule has 106 valence electrons. The van der Waals surface area contributed by atoms with E-state index in [2.05, 4.69) is 10.1 Å². The highest BCUT2D eigenvalue weighted by atomic mass is 32.2. The first-order valence-corrected chi connectivity index (χ1v) is 6.71. The second-order valence-electron chi connectivity index (χ2n) is 3.85. The Kier molecular flexibility index (Phi) is 3.85. The van der Waals surface area contributed by atoms with E-state index in [1.807, 2.05) is 0 Å². The summed E-state index contributed by atoms with van der Waals surface area (Å²) < 4.78 is 39.5. The van der Waals surface area contributed by atoms with Gasteiger partial charge in [-0.05, 0) is 24.5 Å². The van der Waals surface area contributed by atoms with Gasteiger partial charge >= 0.3 is 6.18 Å². The van der Waals surface area contributed by atoms with Crippen LogP contribution in [-0.4, -0.2) is 34.5 Å². The minimum absolute atomic E-state index is 0.0405. The molecule has 0 fully saturated rings. The smallest absolute Gasteiger partial charge is 0.296 e. The summed E-state index contributed by atoms with van der Waals surface area (Å²) in [6.45, 7) is 0. The summed E-state index contributed by atoms with van der Waals surface area (Å²) in [5.41, 5.74) is -0.442. The second-order valence-corrected chi connectivity index (χ2v) is 4.63. The number of halogens is 3. The molecular formula is C12H10F3N3OS. The van der Waals surface area contributed by atoms with Crippen LogP contribution in [0.25, 0.3) is 10.9 Å². The maximum Gasteiger partial charge on any atom is 0.416 e. The number of benzene rings is 1. The average molecular weight is 301 g/mol. The van der Waals surface area contributed by atoms with Crippen LogP contribution in [0, 0.1) is 0 Å². The summed E-state index contributed by atoms with van der Waals surface area (Å²) in [4.78, 5) is 15.0. The highest BCUT2D eigenvalue weighted by molar-refractivity contribution is 8.13. The number of fused-ring (bicyclic) bond motifs is 1. The second kappa shape index (κ2) is 5.28. The molecule has 1 heterocycles. The number of aromatic nitrogens is 2. The summed E-state index contributed by atoms with van der Waals surface area (Å²) in [5.74, 6) is 0. The molecule has 20 heavy (non-hydrogen) atoms. The summed E-state index contributed by atoms with van der Waals surface area (Å²) in [5, 5.41) is 4.65. The van der Waals surface area contributed by atoms with E-state index >= 15 is 0 Å². The Balaban J connectivity index is 2.74. The van der Waals surface area contributed by atoms with Gasteiger partial charge < -0.3 is 0 Å². The first-order valence-electron chi connectivity index (χ1n) is 5.48. The van der Waals surface area contributed by atoms with Crippen molar-refractivity contribution in [3.63, 3.8) is 0 Å². The van der Waals surface area contributed by atoms with Crippen LogP contribution in [0.3, 0.4) is 0 Å². The van der Waals surface area contributed by atoms with Crippen molar-refractivity contribution in [1.29, 1.82) is 0 Å². The molecule has 0 aliphatic heterocycles. The molecule has 4 nitrogen and oxygen atoms in total. The van der Waals surface area contributed by atoms with Crippen molar-refractivity contribution >= 4 is 34.1 Å². The molecule has 0 bridgehead atoms. The fourth-order valence-electron chi connectivity index (χ4n) is 1.82. The topological polar surface area (TPSA) is 47.2 Å². The van der Waals surface area contributed by atoms with Gasteiger partial charge in [0.25, 0.3) is 0 Å². The van der Waals surface area contributed by atoms with Crippen molar-refractivity contribution in [2.75, 3.05) is 13.3 Å². The molecule has 0 amide bonds. The van der Waals surface area contributed by atoms with Crippen LogP contribution in [0.2, 0.25) is 0 Å². The molecule has 0 saturated heterocycles. The van der Waals surface area contributed by atoms with E-state index in [-0.39, 0.29) is 11.1 Å². The van der Waals surface area contributed by atoms with Gasteiger partial charge in [-0.2, -0.15) is 18.3 Å². The Labute approximate surface area is 116 Å². The number of aldehydes is 1. The number of thioether (sulfide) groups is 1. The van der Waals surface area contributed by atoms with E-state index in [1.54, 1.807) is 13.3 Å². The van der Waals surface area contributed by atoms with E-state index in [0.717, 1.165) is 12.1 Å². The van der Waals surface area contributed by atoms with Gasteiger partial charge in [0, 0.05) is 12.4 Å². The predicted octanol–water partition coefficient (Wildman–Crippen LogP) is 3.06. The number of hydrogen-bond acceptors (Lipinski definition) is 4.